The van der Waals surface area contributed by atoms with E-state index in [4.69, 9.17) is 15.6 Å². The topological polar surface area (TPSA) is 107 Å². The average molecular weight is 269 g/mol. The molecular weight excluding hydrogens is 258 g/mol. The van der Waals surface area contributed by atoms with Crippen LogP contribution in [0.5, 0.6) is 5.75 Å². The molecule has 0 saturated carbocycles. The van der Waals surface area contributed by atoms with Gasteiger partial charge in [0.1, 0.15) is 16.7 Å². The minimum atomic E-state index is -3.90. The van der Waals surface area contributed by atoms with Gasteiger partial charge in [0.25, 0.3) is 0 Å². The molecule has 0 spiro atoms. The van der Waals surface area contributed by atoms with Gasteiger partial charge in [-0.15, -0.1) is 0 Å². The van der Waals surface area contributed by atoms with E-state index in [1.54, 1.807) is 12.1 Å². The zero-order chi connectivity index (χ0) is 13.5. The molecule has 1 unspecified atom stereocenters. The van der Waals surface area contributed by atoms with Crippen LogP contribution in [0.25, 0.3) is 6.08 Å². The van der Waals surface area contributed by atoms with E-state index in [-0.39, 0.29) is 15.6 Å². The van der Waals surface area contributed by atoms with Gasteiger partial charge in [-0.2, -0.15) is 0 Å². The molecule has 0 aliphatic carbocycles. The molecule has 18 heavy (non-hydrogen) atoms. The van der Waals surface area contributed by atoms with Gasteiger partial charge in [-0.25, -0.2) is 8.42 Å². The summed E-state index contributed by atoms with van der Waals surface area (Å²) in [6.07, 6.45) is 1.27. The number of hydrogen-bond acceptors (Lipinski definition) is 5. The van der Waals surface area contributed by atoms with Crippen molar-refractivity contribution in [3.05, 3.63) is 28.7 Å². The third-order valence-corrected chi connectivity index (χ3v) is 4.65. The Bertz CT molecular complexity index is 647. The first-order chi connectivity index (χ1) is 8.39. The molecule has 0 amide bonds. The Morgan fingerprint density at radius 1 is 1.44 bits per heavy atom. The van der Waals surface area contributed by atoms with E-state index in [1.807, 2.05) is 0 Å². The molecule has 1 aliphatic heterocycles. The number of fused-ring (bicyclic) bond motifs is 1. The van der Waals surface area contributed by atoms with E-state index >= 15 is 0 Å². The van der Waals surface area contributed by atoms with E-state index in [0.29, 0.717) is 5.56 Å². The zero-order valence-electron chi connectivity index (χ0n) is 9.45. The molecule has 2 rings (SSSR count). The van der Waals surface area contributed by atoms with Crippen molar-refractivity contribution in [2.24, 2.45) is 5.73 Å². The number of nitrogens with two attached hydrogens (primary N) is 1. The molecule has 0 bridgehead atoms. The molecule has 1 aromatic carbocycles. The lowest BCUT2D eigenvalue weighted by molar-refractivity contribution is -0.137. The Balaban J connectivity index is 2.65. The second kappa shape index (κ2) is 4.11. The Morgan fingerprint density at radius 3 is 2.67 bits per heavy atom. The maximum Gasteiger partial charge on any atom is 0.325 e. The largest absolute Gasteiger partial charge is 0.495 e. The molecule has 0 radical (unpaired) electrons. The van der Waals surface area contributed by atoms with E-state index in [1.165, 1.54) is 19.3 Å². The number of hydrogen-bond donors (Lipinski definition) is 2. The van der Waals surface area contributed by atoms with Crippen molar-refractivity contribution in [2.75, 3.05) is 7.11 Å². The molecule has 0 aromatic heterocycles. The fraction of sp³-hybridized carbons (Fsp3) is 0.182. The van der Waals surface area contributed by atoms with Crippen LogP contribution in [0.1, 0.15) is 5.56 Å². The first-order valence-corrected chi connectivity index (χ1v) is 6.50. The highest BCUT2D eigenvalue weighted by Crippen LogP contribution is 2.39. The summed E-state index contributed by atoms with van der Waals surface area (Å²) in [5.41, 5.74) is 5.77. The molecule has 1 aromatic rings. The molecular formula is C11H11NO5S. The fourth-order valence-corrected chi connectivity index (χ4v) is 3.63. The lowest BCUT2D eigenvalue weighted by Crippen LogP contribution is -2.34. The van der Waals surface area contributed by atoms with Gasteiger partial charge >= 0.3 is 5.97 Å². The molecule has 1 heterocycles. The summed E-state index contributed by atoms with van der Waals surface area (Å²) in [4.78, 5) is 10.5. The van der Waals surface area contributed by atoms with Gasteiger partial charge < -0.3 is 15.6 Å². The third-order valence-electron chi connectivity index (χ3n) is 2.68. The summed E-state index contributed by atoms with van der Waals surface area (Å²) in [5, 5.41) is 8.82. The Labute approximate surface area is 104 Å². The van der Waals surface area contributed by atoms with Gasteiger partial charge in [0.15, 0.2) is 0 Å². The Hall–Kier alpha value is -1.86. The SMILES string of the molecule is COc1cccc2c1S(=O)(=O)C(C(N)C(=O)O)=C2. The normalized spacial score (nSPS) is 17.8. The van der Waals surface area contributed by atoms with Crippen molar-refractivity contribution in [3.8, 4) is 5.75 Å². The average Bonchev–Trinajstić information content (AvgIpc) is 2.60. The van der Waals surface area contributed by atoms with Crippen LogP contribution in [0.3, 0.4) is 0 Å². The predicted molar refractivity (Wildman–Crippen MR) is 63.8 cm³/mol. The van der Waals surface area contributed by atoms with Crippen LogP contribution < -0.4 is 10.5 Å². The lowest BCUT2D eigenvalue weighted by Gasteiger charge is -2.10. The first kappa shape index (κ1) is 12.6. The standard InChI is InChI=1S/C11H11NO5S/c1-17-7-4-2-3-6-5-8(9(12)11(13)14)18(15,16)10(6)7/h2-5,9H,12H2,1H3,(H,13,14). The van der Waals surface area contributed by atoms with Gasteiger partial charge in [-0.3, -0.25) is 4.79 Å². The number of benzene rings is 1. The molecule has 7 heteroatoms. The van der Waals surface area contributed by atoms with E-state index in [0.717, 1.165) is 0 Å². The first-order valence-electron chi connectivity index (χ1n) is 5.01. The number of rotatable bonds is 3. The fourth-order valence-electron chi connectivity index (χ4n) is 1.82. The van der Waals surface area contributed by atoms with Crippen LogP contribution in [0, 0.1) is 0 Å². The highest BCUT2D eigenvalue weighted by atomic mass is 32.2. The number of carbonyl (C=O) groups is 1. The third kappa shape index (κ3) is 1.68. The van der Waals surface area contributed by atoms with Crippen molar-refractivity contribution >= 4 is 21.9 Å². The minimum absolute atomic E-state index is 0.0285. The molecule has 0 saturated heterocycles. The molecule has 3 N–H and O–H groups in total. The minimum Gasteiger partial charge on any atom is -0.495 e. The summed E-state index contributed by atoms with van der Waals surface area (Å²) in [5.74, 6) is -1.21. The van der Waals surface area contributed by atoms with Crippen molar-refractivity contribution in [3.63, 3.8) is 0 Å². The van der Waals surface area contributed by atoms with E-state index < -0.39 is 21.8 Å². The maximum atomic E-state index is 12.2. The number of ether oxygens (including phenoxy) is 1. The van der Waals surface area contributed by atoms with Gasteiger partial charge in [0.2, 0.25) is 9.84 Å². The Morgan fingerprint density at radius 2 is 2.11 bits per heavy atom. The summed E-state index contributed by atoms with van der Waals surface area (Å²) in [6, 6.07) is 3.11. The number of methoxy groups -OCH3 is 1. The maximum absolute atomic E-state index is 12.2. The number of carboxylic acid groups (broad SMARTS) is 1. The monoisotopic (exact) mass is 269 g/mol. The number of sulfone groups is 1. The number of carboxylic acids is 1. The summed E-state index contributed by atoms with van der Waals surface area (Å²) < 4.78 is 29.4. The summed E-state index contributed by atoms with van der Waals surface area (Å²) in [6.45, 7) is 0. The quantitative estimate of drug-likeness (QED) is 0.813. The molecule has 1 atom stereocenters. The smallest absolute Gasteiger partial charge is 0.325 e. The van der Waals surface area contributed by atoms with Gasteiger partial charge in [0.05, 0.1) is 12.0 Å². The van der Waals surface area contributed by atoms with Crippen LogP contribution >= 0.6 is 0 Å². The summed E-state index contributed by atoms with van der Waals surface area (Å²) >= 11 is 0. The van der Waals surface area contributed by atoms with Crippen LogP contribution in [-0.4, -0.2) is 32.6 Å². The molecule has 6 nitrogen and oxygen atoms in total. The molecule has 96 valence electrons. The lowest BCUT2D eigenvalue weighted by atomic mass is 10.1. The zero-order valence-corrected chi connectivity index (χ0v) is 10.3. The highest BCUT2D eigenvalue weighted by Gasteiger charge is 2.38. The van der Waals surface area contributed by atoms with Crippen LogP contribution in [0.2, 0.25) is 0 Å². The van der Waals surface area contributed by atoms with Gasteiger partial charge in [-0.05, 0) is 17.7 Å². The summed E-state index contributed by atoms with van der Waals surface area (Å²) in [7, 11) is -2.56. The van der Waals surface area contributed by atoms with E-state index in [9.17, 15) is 13.2 Å². The molecule has 0 fully saturated rings. The van der Waals surface area contributed by atoms with Crippen LogP contribution in [-0.2, 0) is 14.6 Å². The molecule has 1 aliphatic rings. The second-order valence-corrected chi connectivity index (χ2v) is 5.63. The van der Waals surface area contributed by atoms with Crippen molar-refractivity contribution < 1.29 is 23.1 Å². The number of aliphatic carboxylic acids is 1. The van der Waals surface area contributed by atoms with Crippen molar-refractivity contribution in [1.82, 2.24) is 0 Å². The van der Waals surface area contributed by atoms with Gasteiger partial charge in [-0.1, -0.05) is 12.1 Å². The van der Waals surface area contributed by atoms with Crippen LogP contribution in [0.4, 0.5) is 0 Å². The Kier molecular flexibility index (Phi) is 2.88. The van der Waals surface area contributed by atoms with Gasteiger partial charge in [0, 0.05) is 0 Å². The van der Waals surface area contributed by atoms with Crippen molar-refractivity contribution in [2.45, 2.75) is 10.9 Å². The predicted octanol–water partition coefficient (Wildman–Crippen LogP) is 0.235. The second-order valence-electron chi connectivity index (χ2n) is 3.74. The van der Waals surface area contributed by atoms with Crippen molar-refractivity contribution in [1.29, 1.82) is 0 Å². The van der Waals surface area contributed by atoms with E-state index in [2.05, 4.69) is 0 Å². The highest BCUT2D eigenvalue weighted by molar-refractivity contribution is 7.96. The van der Waals surface area contributed by atoms with Crippen LogP contribution in [0.15, 0.2) is 28.0 Å².